The lowest BCUT2D eigenvalue weighted by atomic mass is 9.98. The van der Waals surface area contributed by atoms with Crippen molar-refractivity contribution in [2.75, 3.05) is 9.80 Å². The third kappa shape index (κ3) is 12.4. The summed E-state index contributed by atoms with van der Waals surface area (Å²) >= 11 is 0. The maximum atomic E-state index is 2.42. The molecule has 552 valence electrons. The second-order valence-corrected chi connectivity index (χ2v) is 30.7. The third-order valence-electron chi connectivity index (χ3n) is 23.9. The summed E-state index contributed by atoms with van der Waals surface area (Å²) in [5.41, 5.74) is 25.9. The van der Waals surface area contributed by atoms with Crippen molar-refractivity contribution in [3.8, 4) is 67.0 Å². The molecule has 0 saturated carbocycles. The summed E-state index contributed by atoms with van der Waals surface area (Å²) in [7, 11) is 0. The molecule has 0 radical (unpaired) electrons. The van der Waals surface area contributed by atoms with Crippen LogP contribution < -0.4 is 9.80 Å². The van der Waals surface area contributed by atoms with E-state index in [0.717, 1.165) is 34.1 Å². The highest BCUT2D eigenvalue weighted by atomic mass is 15.1. The zero-order valence-corrected chi connectivity index (χ0v) is 64.7. The highest BCUT2D eigenvalue weighted by Crippen LogP contribution is 2.47. The van der Waals surface area contributed by atoms with Gasteiger partial charge in [0.25, 0.3) is 0 Å². The molecule has 0 saturated heterocycles. The van der Waals surface area contributed by atoms with Gasteiger partial charge in [-0.15, -0.1) is 0 Å². The van der Waals surface area contributed by atoms with Gasteiger partial charge in [-0.2, -0.15) is 0 Å². The summed E-state index contributed by atoms with van der Waals surface area (Å²) in [6.07, 6.45) is 0. The van der Waals surface area contributed by atoms with Crippen LogP contribution in [-0.2, 0) is 0 Å². The van der Waals surface area contributed by atoms with E-state index in [1.165, 1.54) is 175 Å². The molecule has 2 heterocycles. The number of aromatic nitrogens is 2. The minimum Gasteiger partial charge on any atom is -0.310 e. The molecule has 0 unspecified atom stereocenters. The Kier molecular flexibility index (Phi) is 17.2. The Morgan fingerprint density at radius 1 is 0.144 bits per heavy atom. The van der Waals surface area contributed by atoms with Crippen molar-refractivity contribution in [2.45, 2.75) is 0 Å². The van der Waals surface area contributed by atoms with Crippen molar-refractivity contribution < 1.29 is 0 Å². The van der Waals surface area contributed by atoms with Crippen LogP contribution in [0.5, 0.6) is 0 Å². The summed E-state index contributed by atoms with van der Waals surface area (Å²) in [5.74, 6) is 0. The molecule has 4 heteroatoms. The van der Waals surface area contributed by atoms with Gasteiger partial charge in [-0.25, -0.2) is 0 Å². The van der Waals surface area contributed by atoms with Gasteiger partial charge >= 0.3 is 0 Å². The fourth-order valence-corrected chi connectivity index (χ4v) is 18.1. The predicted octanol–water partition coefficient (Wildman–Crippen LogP) is 31.8. The second kappa shape index (κ2) is 29.4. The van der Waals surface area contributed by atoms with Gasteiger partial charge in [0, 0.05) is 66.4 Å². The molecule has 118 heavy (non-hydrogen) atoms. The van der Waals surface area contributed by atoms with Gasteiger partial charge in [-0.1, -0.05) is 340 Å². The summed E-state index contributed by atoms with van der Waals surface area (Å²) in [4.78, 5) is 4.83. The van der Waals surface area contributed by atoms with E-state index < -0.39 is 0 Å². The van der Waals surface area contributed by atoms with Crippen LogP contribution in [0.1, 0.15) is 0 Å². The summed E-state index contributed by atoms with van der Waals surface area (Å²) in [6, 6.07) is 168. The van der Waals surface area contributed by atoms with Gasteiger partial charge in [0.15, 0.2) is 0 Å². The smallest absolute Gasteiger partial charge is 0.0546 e. The molecule has 23 aromatic rings. The molecule has 0 fully saturated rings. The van der Waals surface area contributed by atoms with E-state index in [0.29, 0.717) is 0 Å². The Labute approximate surface area is 684 Å². The lowest BCUT2D eigenvalue weighted by Gasteiger charge is -2.28. The first-order valence-corrected chi connectivity index (χ1v) is 40.6. The largest absolute Gasteiger partial charge is 0.310 e. The van der Waals surface area contributed by atoms with Crippen LogP contribution in [-0.4, -0.2) is 9.13 Å². The molecule has 0 spiro atoms. The first kappa shape index (κ1) is 69.1. The Balaban J connectivity index is 0.000000143. The topological polar surface area (TPSA) is 16.3 Å². The Hall–Kier alpha value is -15.6. The molecule has 23 rings (SSSR count). The lowest BCUT2D eigenvalue weighted by molar-refractivity contribution is 1.19. The fraction of sp³-hybridized carbons (Fsp3) is 0. The summed E-state index contributed by atoms with van der Waals surface area (Å²) in [6.45, 7) is 0. The van der Waals surface area contributed by atoms with Crippen molar-refractivity contribution in [2.24, 2.45) is 0 Å². The number of para-hydroxylation sites is 2. The van der Waals surface area contributed by atoms with Gasteiger partial charge in [0.05, 0.1) is 33.4 Å². The number of rotatable bonds is 13. The van der Waals surface area contributed by atoms with E-state index >= 15 is 0 Å². The Bertz CT molecular complexity index is 7760. The Morgan fingerprint density at radius 3 is 0.788 bits per heavy atom. The number of hydrogen-bond donors (Lipinski definition) is 0. The van der Waals surface area contributed by atoms with Crippen molar-refractivity contribution in [1.29, 1.82) is 0 Å². The molecule has 0 aliphatic heterocycles. The van der Waals surface area contributed by atoms with Gasteiger partial charge in [-0.3, -0.25) is 0 Å². The fourth-order valence-electron chi connectivity index (χ4n) is 18.1. The van der Waals surface area contributed by atoms with E-state index in [2.05, 4.69) is 480 Å². The summed E-state index contributed by atoms with van der Waals surface area (Å²) in [5, 5.41) is 19.9. The van der Waals surface area contributed by atoms with Crippen LogP contribution in [0.15, 0.2) is 461 Å². The predicted molar refractivity (Wildman–Crippen MR) is 503 cm³/mol. The molecule has 0 bridgehead atoms. The molecule has 0 atom stereocenters. The molecule has 0 aliphatic carbocycles. The highest BCUT2D eigenvalue weighted by Gasteiger charge is 2.23. The van der Waals surface area contributed by atoms with Crippen molar-refractivity contribution in [3.63, 3.8) is 0 Å². The van der Waals surface area contributed by atoms with Crippen LogP contribution in [0, 0.1) is 0 Å². The molecular weight excluding hydrogens is 1430 g/mol. The van der Waals surface area contributed by atoms with E-state index in [4.69, 9.17) is 0 Å². The quantitative estimate of drug-likeness (QED) is 0.107. The van der Waals surface area contributed by atoms with Gasteiger partial charge in [-0.05, 0) is 231 Å². The van der Waals surface area contributed by atoms with Crippen molar-refractivity contribution in [1.82, 2.24) is 9.13 Å². The van der Waals surface area contributed by atoms with Crippen molar-refractivity contribution >= 4 is 142 Å². The average Bonchev–Trinajstić information content (AvgIpc) is 1.64. The van der Waals surface area contributed by atoms with Crippen LogP contribution >= 0.6 is 0 Å². The highest BCUT2D eigenvalue weighted by molar-refractivity contribution is 6.18. The molecule has 4 nitrogen and oxygen atoms in total. The van der Waals surface area contributed by atoms with Crippen molar-refractivity contribution in [3.05, 3.63) is 461 Å². The van der Waals surface area contributed by atoms with E-state index in [9.17, 15) is 0 Å². The van der Waals surface area contributed by atoms with E-state index in [1.54, 1.807) is 0 Å². The molecule has 21 aromatic carbocycles. The maximum absolute atomic E-state index is 2.42. The third-order valence-corrected chi connectivity index (χ3v) is 23.9. The summed E-state index contributed by atoms with van der Waals surface area (Å²) < 4.78 is 4.81. The van der Waals surface area contributed by atoms with E-state index in [-0.39, 0.29) is 0 Å². The van der Waals surface area contributed by atoms with Crippen LogP contribution in [0.3, 0.4) is 0 Å². The first-order chi connectivity index (χ1) is 58.5. The Morgan fingerprint density at radius 2 is 0.407 bits per heavy atom. The molecule has 0 aliphatic rings. The number of hydrogen-bond acceptors (Lipinski definition) is 2. The molecular formula is C114H76N4. The molecule has 0 N–H and O–H groups in total. The zero-order valence-electron chi connectivity index (χ0n) is 64.7. The van der Waals surface area contributed by atoms with Gasteiger partial charge in [0.2, 0.25) is 0 Å². The second-order valence-electron chi connectivity index (χ2n) is 30.7. The lowest BCUT2D eigenvalue weighted by Crippen LogP contribution is -2.10. The van der Waals surface area contributed by atoms with Gasteiger partial charge in [0.1, 0.15) is 0 Å². The number of benzene rings is 21. The average molecular weight is 1500 g/mol. The number of anilines is 6. The van der Waals surface area contributed by atoms with Crippen LogP contribution in [0.2, 0.25) is 0 Å². The standard InChI is InChI=1S/C60H40N2.C54H36N2/c1-2-11-41(12-3-1)43-21-23-44(24-22-43)45-27-33-51(34-28-45)61(59-20-10-16-48-26-25-47-14-6-7-17-54(47)60(48)59)52-35-29-46(30-36-52)50-32-38-58-56(40-50)55-18-8-9-19-57(55)62(58)53-37-31-42-13-4-5-15-49(42)39-53;1-2-11-37(12-3-1)39-23-29-45(30-24-39)55(53-20-10-16-42-22-21-41-14-6-7-17-48(41)54(42)53)46-31-25-40(26-32-46)44-28-34-52-50(36-44)49-18-8-9-19-51(49)56(52)47-33-27-38-13-4-5-15-43(38)35-47/h1-40H;1-36H. The molecule has 0 amide bonds. The van der Waals surface area contributed by atoms with Crippen LogP contribution in [0.25, 0.3) is 175 Å². The van der Waals surface area contributed by atoms with Gasteiger partial charge < -0.3 is 18.9 Å². The molecule has 2 aromatic heterocycles. The first-order valence-electron chi connectivity index (χ1n) is 40.6. The SMILES string of the molecule is c1ccc(-c2ccc(-c3ccc(N(c4ccc(-c5ccc6c(c5)c5ccccc5n6-c5ccc6ccccc6c5)cc4)c4cccc5ccc6ccccc6c45)cc3)cc2)cc1.c1ccc(-c2ccc(N(c3ccc(-c4ccc5c(c4)c4ccccc4n5-c4ccc5ccccc5c4)cc3)c3cccc4ccc5ccccc5c34)cc2)cc1. The normalized spacial score (nSPS) is 11.6. The zero-order chi connectivity index (χ0) is 78.0. The number of fused-ring (bicyclic) bond motifs is 14. The minimum atomic E-state index is 1.10. The monoisotopic (exact) mass is 1500 g/mol. The maximum Gasteiger partial charge on any atom is 0.0546 e. The minimum absolute atomic E-state index is 1.10. The number of nitrogens with zero attached hydrogens (tertiary/aromatic N) is 4. The van der Waals surface area contributed by atoms with Crippen LogP contribution in [0.4, 0.5) is 34.1 Å². The van der Waals surface area contributed by atoms with E-state index in [1.807, 2.05) is 0 Å².